The average Bonchev–Trinajstić information content (AvgIpc) is 3.35. The highest BCUT2D eigenvalue weighted by molar-refractivity contribution is 5.99. The van der Waals surface area contributed by atoms with Crippen molar-refractivity contribution in [3.63, 3.8) is 0 Å². The Balaban J connectivity index is 1.25. The minimum Gasteiger partial charge on any atom is -0.393 e. The molecule has 0 aromatic heterocycles. The van der Waals surface area contributed by atoms with E-state index in [1.165, 1.54) is 5.56 Å². The standard InChI is InChI=1S/C25H28N2O3/c1-15-7-8-17(25(30)27-13-18-9-20(28)10-19(18)14-27)11-23(15)26-24(29)22-12-21(22)16-5-3-2-4-6-16/h2-8,11,18-22,28H,9-10,12-14H2,1H3,(H,26,29)/t18-,19+,20?,21-,22+/m0/s1. The van der Waals surface area contributed by atoms with Crippen LogP contribution in [0.15, 0.2) is 48.5 Å². The Labute approximate surface area is 177 Å². The Kier molecular flexibility index (Phi) is 4.86. The van der Waals surface area contributed by atoms with Crippen molar-refractivity contribution >= 4 is 17.5 Å². The van der Waals surface area contributed by atoms with Crippen molar-refractivity contribution in [2.45, 2.75) is 38.2 Å². The Morgan fingerprint density at radius 2 is 1.70 bits per heavy atom. The highest BCUT2D eigenvalue weighted by atomic mass is 16.3. The molecule has 2 aromatic carbocycles. The van der Waals surface area contributed by atoms with Crippen LogP contribution in [0.5, 0.6) is 0 Å². The van der Waals surface area contributed by atoms with Crippen LogP contribution in [0.3, 0.4) is 0 Å². The normalized spacial score (nSPS) is 29.5. The fourth-order valence-corrected chi connectivity index (χ4v) is 5.28. The van der Waals surface area contributed by atoms with E-state index in [0.717, 1.165) is 43.6 Å². The quantitative estimate of drug-likeness (QED) is 0.818. The second-order valence-electron chi connectivity index (χ2n) is 9.23. The molecule has 5 heteroatoms. The first-order chi connectivity index (χ1) is 14.5. The third-order valence-corrected chi connectivity index (χ3v) is 7.11. The van der Waals surface area contributed by atoms with Crippen LogP contribution in [-0.4, -0.2) is 41.0 Å². The molecule has 3 fully saturated rings. The lowest BCUT2D eigenvalue weighted by Crippen LogP contribution is -2.30. The van der Waals surface area contributed by atoms with E-state index in [2.05, 4.69) is 17.4 Å². The summed E-state index contributed by atoms with van der Waals surface area (Å²) in [6.07, 6.45) is 2.26. The van der Waals surface area contributed by atoms with E-state index in [1.54, 1.807) is 0 Å². The molecule has 2 aromatic rings. The number of aryl methyl sites for hydroxylation is 1. The fraction of sp³-hybridized carbons (Fsp3) is 0.440. The average molecular weight is 405 g/mol. The van der Waals surface area contributed by atoms with Gasteiger partial charge in [0.25, 0.3) is 5.91 Å². The number of hydrogen-bond acceptors (Lipinski definition) is 3. The second kappa shape index (κ2) is 7.55. The molecular weight excluding hydrogens is 376 g/mol. The first-order valence-electron chi connectivity index (χ1n) is 10.9. The van der Waals surface area contributed by atoms with Crippen LogP contribution in [0.25, 0.3) is 0 Å². The lowest BCUT2D eigenvalue weighted by atomic mass is 10.0. The summed E-state index contributed by atoms with van der Waals surface area (Å²) < 4.78 is 0. The van der Waals surface area contributed by atoms with Crippen molar-refractivity contribution in [2.24, 2.45) is 17.8 Å². The summed E-state index contributed by atoms with van der Waals surface area (Å²) >= 11 is 0. The van der Waals surface area contributed by atoms with Gasteiger partial charge in [0, 0.05) is 30.3 Å². The van der Waals surface area contributed by atoms with E-state index < -0.39 is 0 Å². The molecule has 2 aliphatic carbocycles. The van der Waals surface area contributed by atoms with Crippen LogP contribution in [-0.2, 0) is 4.79 Å². The third kappa shape index (κ3) is 3.63. The highest BCUT2D eigenvalue weighted by Gasteiger charge is 2.44. The molecule has 2 amide bonds. The maximum atomic E-state index is 13.0. The van der Waals surface area contributed by atoms with Gasteiger partial charge in [-0.15, -0.1) is 0 Å². The number of nitrogens with one attached hydrogen (secondary N) is 1. The van der Waals surface area contributed by atoms with Crippen molar-refractivity contribution in [3.8, 4) is 0 Å². The summed E-state index contributed by atoms with van der Waals surface area (Å²) in [5, 5.41) is 12.9. The van der Waals surface area contributed by atoms with Crippen molar-refractivity contribution in [1.82, 2.24) is 4.90 Å². The van der Waals surface area contributed by atoms with Gasteiger partial charge < -0.3 is 15.3 Å². The lowest BCUT2D eigenvalue weighted by molar-refractivity contribution is -0.117. The number of hydrogen-bond donors (Lipinski definition) is 2. The van der Waals surface area contributed by atoms with E-state index in [1.807, 2.05) is 48.2 Å². The van der Waals surface area contributed by atoms with Gasteiger partial charge in [-0.2, -0.15) is 0 Å². The highest BCUT2D eigenvalue weighted by Crippen LogP contribution is 2.48. The zero-order valence-corrected chi connectivity index (χ0v) is 17.3. The van der Waals surface area contributed by atoms with Gasteiger partial charge in [0.05, 0.1) is 6.10 Å². The van der Waals surface area contributed by atoms with E-state index >= 15 is 0 Å². The van der Waals surface area contributed by atoms with Gasteiger partial charge in [0.2, 0.25) is 5.91 Å². The van der Waals surface area contributed by atoms with E-state index in [4.69, 9.17) is 0 Å². The van der Waals surface area contributed by atoms with E-state index in [9.17, 15) is 14.7 Å². The van der Waals surface area contributed by atoms with Gasteiger partial charge in [-0.05, 0) is 67.2 Å². The molecule has 3 aliphatic rings. The van der Waals surface area contributed by atoms with E-state index in [0.29, 0.717) is 17.4 Å². The summed E-state index contributed by atoms with van der Waals surface area (Å²) in [5.74, 6) is 1.16. The number of fused-ring (bicyclic) bond motifs is 1. The molecule has 0 spiro atoms. The van der Waals surface area contributed by atoms with Gasteiger partial charge in [-0.1, -0.05) is 36.4 Å². The molecule has 5 nitrogen and oxygen atoms in total. The number of aliphatic hydroxyl groups excluding tert-OH is 1. The van der Waals surface area contributed by atoms with Gasteiger partial charge in [-0.3, -0.25) is 9.59 Å². The molecule has 2 N–H and O–H groups in total. The number of carbonyl (C=O) groups excluding carboxylic acids is 2. The van der Waals surface area contributed by atoms with Crippen molar-refractivity contribution in [2.75, 3.05) is 18.4 Å². The lowest BCUT2D eigenvalue weighted by Gasteiger charge is -2.19. The summed E-state index contributed by atoms with van der Waals surface area (Å²) in [5.41, 5.74) is 3.51. The van der Waals surface area contributed by atoms with E-state index in [-0.39, 0.29) is 29.8 Å². The molecule has 1 aliphatic heterocycles. The molecular formula is C25H28N2O3. The molecule has 2 saturated carbocycles. The third-order valence-electron chi connectivity index (χ3n) is 7.11. The maximum Gasteiger partial charge on any atom is 0.253 e. The van der Waals surface area contributed by atoms with Crippen LogP contribution < -0.4 is 5.32 Å². The van der Waals surface area contributed by atoms with Crippen LogP contribution >= 0.6 is 0 Å². The number of aliphatic hydroxyl groups is 1. The number of amides is 2. The summed E-state index contributed by atoms with van der Waals surface area (Å²) in [6, 6.07) is 15.7. The smallest absolute Gasteiger partial charge is 0.253 e. The number of rotatable bonds is 4. The molecule has 30 heavy (non-hydrogen) atoms. The second-order valence-corrected chi connectivity index (χ2v) is 9.23. The van der Waals surface area contributed by atoms with Gasteiger partial charge in [0.1, 0.15) is 0 Å². The Morgan fingerprint density at radius 1 is 1.00 bits per heavy atom. The first kappa shape index (κ1) is 19.3. The number of anilines is 1. The SMILES string of the molecule is Cc1ccc(C(=O)N2C[C@H]3CC(O)C[C@H]3C2)cc1NC(=O)[C@@H]1C[C@H]1c1ccccc1. The fourth-order valence-electron chi connectivity index (χ4n) is 5.28. The molecule has 1 unspecified atom stereocenters. The largest absolute Gasteiger partial charge is 0.393 e. The topological polar surface area (TPSA) is 69.6 Å². The van der Waals surface area contributed by atoms with Crippen LogP contribution in [0.1, 0.15) is 46.7 Å². The van der Waals surface area contributed by atoms with Gasteiger partial charge in [0.15, 0.2) is 0 Å². The summed E-state index contributed by atoms with van der Waals surface area (Å²) in [7, 11) is 0. The minimum absolute atomic E-state index is 0.00413. The van der Waals surface area contributed by atoms with Crippen LogP contribution in [0, 0.1) is 24.7 Å². The minimum atomic E-state index is -0.208. The number of benzene rings is 2. The summed E-state index contributed by atoms with van der Waals surface area (Å²) in [4.78, 5) is 27.7. The van der Waals surface area contributed by atoms with Crippen LogP contribution in [0.4, 0.5) is 5.69 Å². The molecule has 5 atom stereocenters. The zero-order valence-electron chi connectivity index (χ0n) is 17.3. The molecule has 1 heterocycles. The Bertz CT molecular complexity index is 960. The Hall–Kier alpha value is -2.66. The predicted octanol–water partition coefficient (Wildman–Crippen LogP) is 3.58. The maximum absolute atomic E-state index is 13.0. The number of nitrogens with zero attached hydrogens (tertiary/aromatic N) is 1. The number of likely N-dealkylation sites (tertiary alicyclic amines) is 1. The van der Waals surface area contributed by atoms with Crippen LogP contribution in [0.2, 0.25) is 0 Å². The van der Waals surface area contributed by atoms with Crippen molar-refractivity contribution in [1.29, 1.82) is 0 Å². The molecule has 0 bridgehead atoms. The van der Waals surface area contributed by atoms with Gasteiger partial charge in [-0.25, -0.2) is 0 Å². The Morgan fingerprint density at radius 3 is 2.40 bits per heavy atom. The zero-order chi connectivity index (χ0) is 20.8. The summed E-state index contributed by atoms with van der Waals surface area (Å²) in [6.45, 7) is 3.39. The predicted molar refractivity (Wildman–Crippen MR) is 115 cm³/mol. The molecule has 0 radical (unpaired) electrons. The van der Waals surface area contributed by atoms with Crippen molar-refractivity contribution < 1.29 is 14.7 Å². The molecule has 5 rings (SSSR count). The van der Waals surface area contributed by atoms with Gasteiger partial charge >= 0.3 is 0 Å². The number of carbonyl (C=O) groups is 2. The monoisotopic (exact) mass is 404 g/mol. The van der Waals surface area contributed by atoms with Crippen molar-refractivity contribution in [3.05, 3.63) is 65.2 Å². The molecule has 156 valence electrons. The molecule has 1 saturated heterocycles. The first-order valence-corrected chi connectivity index (χ1v) is 10.9.